The molecule has 20 heteroatoms. The van der Waals surface area contributed by atoms with E-state index in [1.807, 2.05) is 26.8 Å². The molecule has 2 saturated carbocycles. The van der Waals surface area contributed by atoms with Gasteiger partial charge in [0.15, 0.2) is 5.82 Å². The lowest BCUT2D eigenvalue weighted by Crippen LogP contribution is -2.59. The fraction of sp³-hybridized carbons (Fsp3) is 0.565. The van der Waals surface area contributed by atoms with E-state index in [4.69, 9.17) is 28.9 Å². The SMILES string of the molecule is COc1ccc2c(OC3CC4C(=O)NC5(C(=O)NS(=O)(=O)C6CC6)CC5C=CCCC(C)CC(C)C(NC(=O)OC(C)(C)C(F)(F)F)C(=O)N4C3)nc(-c3ccc(OC(C)C)cc3)nc2c1. The highest BCUT2D eigenvalue weighted by atomic mass is 32.2. The van der Waals surface area contributed by atoms with E-state index in [9.17, 15) is 40.8 Å². The molecule has 7 atom stereocenters. The van der Waals surface area contributed by atoms with E-state index >= 15 is 0 Å². The maximum atomic E-state index is 15.0. The van der Waals surface area contributed by atoms with Gasteiger partial charge < -0.3 is 34.5 Å². The number of rotatable bonds is 11. The fourth-order valence-electron chi connectivity index (χ4n) is 8.48. The van der Waals surface area contributed by atoms with Crippen molar-refractivity contribution in [3.05, 3.63) is 54.6 Å². The Morgan fingerprint density at radius 1 is 0.985 bits per heavy atom. The van der Waals surface area contributed by atoms with Gasteiger partial charge in [0, 0.05) is 24.0 Å². The van der Waals surface area contributed by atoms with Crippen molar-refractivity contribution < 1.29 is 59.7 Å². The van der Waals surface area contributed by atoms with E-state index in [1.165, 1.54) is 12.0 Å². The van der Waals surface area contributed by atoms with Crippen molar-refractivity contribution in [1.29, 1.82) is 0 Å². The van der Waals surface area contributed by atoms with Crippen LogP contribution in [0.1, 0.15) is 86.5 Å². The molecule has 1 saturated heterocycles. The minimum atomic E-state index is -4.94. The van der Waals surface area contributed by atoms with Gasteiger partial charge >= 0.3 is 12.3 Å². The van der Waals surface area contributed by atoms with Crippen LogP contribution in [0.25, 0.3) is 22.3 Å². The van der Waals surface area contributed by atoms with Gasteiger partial charge in [-0.2, -0.15) is 18.2 Å². The van der Waals surface area contributed by atoms with Crippen LogP contribution in [0.5, 0.6) is 17.4 Å². The number of carbonyl (C=O) groups is 4. The van der Waals surface area contributed by atoms with Gasteiger partial charge in [-0.15, -0.1) is 0 Å². The van der Waals surface area contributed by atoms with Crippen LogP contribution in [-0.4, -0.2) is 108 Å². The average Bonchev–Trinajstić information content (AvgIpc) is 4.17. The van der Waals surface area contributed by atoms with Crippen LogP contribution >= 0.6 is 0 Å². The molecule has 2 aliphatic heterocycles. The summed E-state index contributed by atoms with van der Waals surface area (Å²) in [6.45, 7) is 8.54. The molecule has 7 rings (SSSR count). The Hall–Kier alpha value is -5.66. The van der Waals surface area contributed by atoms with Gasteiger partial charge in [-0.05, 0) is 114 Å². The topological polar surface area (TPSA) is 204 Å². The molecular formula is C46H57F3N6O10S. The lowest BCUT2D eigenvalue weighted by molar-refractivity contribution is -0.244. The molecule has 16 nitrogen and oxygen atoms in total. The summed E-state index contributed by atoms with van der Waals surface area (Å²) in [4.78, 5) is 67.7. The van der Waals surface area contributed by atoms with Crippen molar-refractivity contribution in [3.8, 4) is 28.8 Å². The first kappa shape index (κ1) is 48.3. The Labute approximate surface area is 381 Å². The molecule has 3 fully saturated rings. The van der Waals surface area contributed by atoms with Crippen molar-refractivity contribution in [2.45, 2.75) is 133 Å². The predicted molar refractivity (Wildman–Crippen MR) is 236 cm³/mol. The van der Waals surface area contributed by atoms with Gasteiger partial charge in [-0.25, -0.2) is 18.2 Å². The number of hydrogen-bond donors (Lipinski definition) is 3. The van der Waals surface area contributed by atoms with E-state index < -0.39 is 86.4 Å². The number of fused-ring (bicyclic) bond motifs is 3. The molecule has 4 aliphatic rings. The Bertz CT molecular complexity index is 2480. The highest BCUT2D eigenvalue weighted by Crippen LogP contribution is 2.46. The first-order chi connectivity index (χ1) is 31.0. The normalized spacial score (nSPS) is 26.3. The summed E-state index contributed by atoms with van der Waals surface area (Å²) >= 11 is 0. The van der Waals surface area contributed by atoms with E-state index in [1.54, 1.807) is 55.5 Å². The quantitative estimate of drug-likeness (QED) is 0.180. The van der Waals surface area contributed by atoms with Gasteiger partial charge in [-0.1, -0.05) is 26.0 Å². The Balaban J connectivity index is 1.26. The largest absolute Gasteiger partial charge is 0.497 e. The summed E-state index contributed by atoms with van der Waals surface area (Å²) in [5.74, 6) is -2.30. The van der Waals surface area contributed by atoms with Gasteiger partial charge in [0.05, 0.1) is 35.9 Å². The summed E-state index contributed by atoms with van der Waals surface area (Å²) in [5.41, 5.74) is -3.51. The highest BCUT2D eigenvalue weighted by molar-refractivity contribution is 7.91. The number of allylic oxidation sites excluding steroid dienone is 1. The number of benzene rings is 2. The minimum absolute atomic E-state index is 0.0586. The third kappa shape index (κ3) is 10.6. The lowest BCUT2D eigenvalue weighted by atomic mass is 9.88. The van der Waals surface area contributed by atoms with Gasteiger partial charge in [-0.3, -0.25) is 19.1 Å². The van der Waals surface area contributed by atoms with Crippen molar-refractivity contribution in [2.24, 2.45) is 17.8 Å². The van der Waals surface area contributed by atoms with E-state index in [-0.39, 0.29) is 43.1 Å². The van der Waals surface area contributed by atoms with E-state index in [0.29, 0.717) is 73.9 Å². The number of carbonyl (C=O) groups excluding carboxylic acids is 4. The summed E-state index contributed by atoms with van der Waals surface area (Å²) in [7, 11) is -2.51. The third-order valence-corrected chi connectivity index (χ3v) is 14.4. The summed E-state index contributed by atoms with van der Waals surface area (Å²) in [6, 6.07) is 9.38. The second kappa shape index (κ2) is 18.6. The van der Waals surface area contributed by atoms with Crippen molar-refractivity contribution >= 4 is 44.7 Å². The van der Waals surface area contributed by atoms with Crippen LogP contribution in [0.15, 0.2) is 54.6 Å². The van der Waals surface area contributed by atoms with Crippen LogP contribution in [0.3, 0.4) is 0 Å². The first-order valence-corrected chi connectivity index (χ1v) is 23.8. The zero-order chi connectivity index (χ0) is 47.9. The standard InChI is InChI=1S/C46H57F3N6O10S/c1-25(2)63-30-14-12-28(13-15-30)38-50-35-21-31(62-7)16-19-34(35)40(52-38)64-32-22-36-39(56)53-45(42(58)54-66(60,61)33-17-18-33)23-29(45)11-9-8-10-26(3)20-27(4)37(41(57)55(36)24-32)51-43(59)65-44(5,6)46(47,48)49/h9,11-16,19,21,25-27,29,32-33,36-37H,8,10,17-18,20,22-24H2,1-7H3,(H,51,59)(H,53,56)(H,54,58). The molecule has 3 aromatic rings. The number of halogens is 3. The number of alkyl carbamates (subject to hydrolysis) is 1. The number of methoxy groups -OCH3 is 1. The smallest absolute Gasteiger partial charge is 0.427 e. The van der Waals surface area contributed by atoms with E-state index in [2.05, 4.69) is 15.4 Å². The number of alkyl halides is 3. The Morgan fingerprint density at radius 2 is 1.68 bits per heavy atom. The molecule has 0 radical (unpaired) electrons. The number of ether oxygens (including phenoxy) is 4. The Kier molecular flexibility index (Phi) is 13.6. The Morgan fingerprint density at radius 3 is 2.33 bits per heavy atom. The van der Waals surface area contributed by atoms with Crippen LogP contribution in [0.4, 0.5) is 18.0 Å². The first-order valence-electron chi connectivity index (χ1n) is 22.2. The molecule has 7 unspecified atom stereocenters. The molecule has 3 N–H and O–H groups in total. The van der Waals surface area contributed by atoms with E-state index in [0.717, 1.165) is 0 Å². The maximum absolute atomic E-state index is 15.0. The molecule has 2 aromatic carbocycles. The van der Waals surface area contributed by atoms with Crippen LogP contribution in [-0.2, 0) is 29.1 Å². The van der Waals surface area contributed by atoms with Crippen LogP contribution in [0.2, 0.25) is 0 Å². The van der Waals surface area contributed by atoms with Crippen LogP contribution < -0.4 is 29.6 Å². The van der Waals surface area contributed by atoms with Gasteiger partial charge in [0.25, 0.3) is 5.91 Å². The molecule has 3 heterocycles. The predicted octanol–water partition coefficient (Wildman–Crippen LogP) is 6.37. The minimum Gasteiger partial charge on any atom is -0.497 e. The average molecular weight is 943 g/mol. The number of aromatic nitrogens is 2. The lowest BCUT2D eigenvalue weighted by Gasteiger charge is -2.34. The number of sulfonamides is 1. The van der Waals surface area contributed by atoms with Gasteiger partial charge in [0.2, 0.25) is 33.3 Å². The summed E-state index contributed by atoms with van der Waals surface area (Å²) in [5, 5.41) is 4.95. The second-order valence-electron chi connectivity index (χ2n) is 18.7. The number of hydrogen-bond acceptors (Lipinski definition) is 12. The molecule has 0 bridgehead atoms. The molecule has 66 heavy (non-hydrogen) atoms. The van der Waals surface area contributed by atoms with Crippen molar-refractivity contribution in [3.63, 3.8) is 0 Å². The van der Waals surface area contributed by atoms with Gasteiger partial charge in [0.1, 0.15) is 35.2 Å². The molecule has 358 valence electrons. The monoisotopic (exact) mass is 942 g/mol. The fourth-order valence-corrected chi connectivity index (χ4v) is 9.85. The molecule has 4 amide bonds. The maximum Gasteiger partial charge on any atom is 0.427 e. The molecule has 2 aliphatic carbocycles. The molecular weight excluding hydrogens is 886 g/mol. The zero-order valence-electron chi connectivity index (χ0n) is 37.9. The third-order valence-electron chi connectivity index (χ3n) is 12.6. The highest BCUT2D eigenvalue weighted by Gasteiger charge is 2.62. The number of nitrogens with zero attached hydrogens (tertiary/aromatic N) is 3. The zero-order valence-corrected chi connectivity index (χ0v) is 38.8. The van der Waals surface area contributed by atoms with Crippen molar-refractivity contribution in [1.82, 2.24) is 30.2 Å². The summed E-state index contributed by atoms with van der Waals surface area (Å²) < 4.78 is 92.5. The number of nitrogens with one attached hydrogen (secondary N) is 3. The second-order valence-corrected chi connectivity index (χ2v) is 20.7. The van der Waals surface area contributed by atoms with Crippen molar-refractivity contribution in [2.75, 3.05) is 13.7 Å². The summed E-state index contributed by atoms with van der Waals surface area (Å²) in [6.07, 6.45) is -1.62. The molecule has 0 spiro atoms. The molecule has 1 aromatic heterocycles. The van der Waals surface area contributed by atoms with Crippen LogP contribution in [0, 0.1) is 17.8 Å². The number of amides is 4.